The van der Waals surface area contributed by atoms with E-state index in [4.69, 9.17) is 0 Å². The van der Waals surface area contributed by atoms with Crippen molar-refractivity contribution in [3.05, 3.63) is 0 Å². The van der Waals surface area contributed by atoms with Crippen molar-refractivity contribution in [3.63, 3.8) is 0 Å². The van der Waals surface area contributed by atoms with Gasteiger partial charge in [0, 0.05) is 16.5 Å². The van der Waals surface area contributed by atoms with Crippen molar-refractivity contribution >= 4 is 0 Å². The van der Waals surface area contributed by atoms with Crippen LogP contribution in [0.3, 0.4) is 0 Å². The van der Waals surface area contributed by atoms with Gasteiger partial charge in [0.05, 0.1) is 0 Å². The predicted octanol–water partition coefficient (Wildman–Crippen LogP) is 3.90. The normalized spacial score (nSPS) is 21.8. The molecule has 0 amide bonds. The van der Waals surface area contributed by atoms with Gasteiger partial charge in [-0.1, -0.05) is 64.2 Å². The van der Waals surface area contributed by atoms with Crippen LogP contribution in [0, 0.1) is 0 Å². The van der Waals surface area contributed by atoms with Crippen LogP contribution in [0.15, 0.2) is 0 Å². The molecule has 0 radical (unpaired) electrons. The molecule has 0 atom stereocenters. The Hall–Kier alpha value is 0.494. The Morgan fingerprint density at radius 1 is 0.273 bits per heavy atom. The Kier molecular flexibility index (Phi) is 8.97. The SMILES string of the molecule is C1CCCC1.C1CCCC1.[Ni]. The van der Waals surface area contributed by atoms with Crippen molar-refractivity contribution in [3.8, 4) is 0 Å². The molecule has 0 aromatic rings. The third-order valence-corrected chi connectivity index (χ3v) is 2.50. The quantitative estimate of drug-likeness (QED) is 0.519. The second kappa shape index (κ2) is 8.59. The van der Waals surface area contributed by atoms with Crippen molar-refractivity contribution in [2.75, 3.05) is 0 Å². The molecule has 2 aliphatic rings. The summed E-state index contributed by atoms with van der Waals surface area (Å²) < 4.78 is 0. The van der Waals surface area contributed by atoms with E-state index in [9.17, 15) is 0 Å². The fraction of sp³-hybridized carbons (Fsp3) is 1.00. The summed E-state index contributed by atoms with van der Waals surface area (Å²) in [6.07, 6.45) is 15.0. The third-order valence-electron chi connectivity index (χ3n) is 2.50. The van der Waals surface area contributed by atoms with Crippen LogP contribution >= 0.6 is 0 Å². The second-order valence-corrected chi connectivity index (χ2v) is 3.54. The van der Waals surface area contributed by atoms with Crippen LogP contribution in [0.25, 0.3) is 0 Å². The number of hydrogen-bond acceptors (Lipinski definition) is 0. The van der Waals surface area contributed by atoms with Gasteiger partial charge in [0.15, 0.2) is 0 Å². The molecule has 0 bridgehead atoms. The molecule has 0 spiro atoms. The van der Waals surface area contributed by atoms with Gasteiger partial charge >= 0.3 is 0 Å². The smallest absolute Gasteiger partial charge is 0 e. The van der Waals surface area contributed by atoms with Gasteiger partial charge in [-0.2, -0.15) is 0 Å². The molecule has 0 nitrogen and oxygen atoms in total. The van der Waals surface area contributed by atoms with E-state index in [0.717, 1.165) is 0 Å². The molecule has 0 aromatic carbocycles. The minimum atomic E-state index is 0. The first-order valence-corrected chi connectivity index (χ1v) is 5.00. The van der Waals surface area contributed by atoms with Crippen molar-refractivity contribution < 1.29 is 16.5 Å². The van der Waals surface area contributed by atoms with Crippen molar-refractivity contribution in [1.29, 1.82) is 0 Å². The van der Waals surface area contributed by atoms with E-state index in [1.807, 2.05) is 0 Å². The summed E-state index contributed by atoms with van der Waals surface area (Å²) in [5, 5.41) is 0. The molecule has 2 rings (SSSR count). The zero-order valence-electron chi connectivity index (χ0n) is 7.39. The molecular formula is C10H20Ni. The minimum absolute atomic E-state index is 0. The molecule has 0 aromatic heterocycles. The molecule has 0 aliphatic heterocycles. The maximum atomic E-state index is 1.50. The third kappa shape index (κ3) is 6.87. The van der Waals surface area contributed by atoms with E-state index < -0.39 is 0 Å². The van der Waals surface area contributed by atoms with Crippen molar-refractivity contribution in [2.45, 2.75) is 64.2 Å². The first-order valence-electron chi connectivity index (χ1n) is 5.00. The molecule has 0 unspecified atom stereocenters. The van der Waals surface area contributed by atoms with E-state index >= 15 is 0 Å². The molecule has 1 heteroatoms. The first-order chi connectivity index (χ1) is 5.00. The van der Waals surface area contributed by atoms with Crippen LogP contribution in [-0.4, -0.2) is 0 Å². The van der Waals surface area contributed by atoms with Crippen molar-refractivity contribution in [1.82, 2.24) is 0 Å². The van der Waals surface area contributed by atoms with E-state index in [2.05, 4.69) is 0 Å². The topological polar surface area (TPSA) is 0 Å². The minimum Gasteiger partial charge on any atom is -0.0533 e. The summed E-state index contributed by atoms with van der Waals surface area (Å²) in [5.41, 5.74) is 0. The summed E-state index contributed by atoms with van der Waals surface area (Å²) in [7, 11) is 0. The average molecular weight is 199 g/mol. The van der Waals surface area contributed by atoms with Gasteiger partial charge < -0.3 is 0 Å². The Bertz CT molecular complexity index is 38.1. The van der Waals surface area contributed by atoms with Crippen LogP contribution in [0.5, 0.6) is 0 Å². The van der Waals surface area contributed by atoms with E-state index in [-0.39, 0.29) is 16.5 Å². The average Bonchev–Trinajstić information content (AvgIpc) is 2.67. The number of rotatable bonds is 0. The van der Waals surface area contributed by atoms with Gasteiger partial charge in [-0.05, 0) is 0 Å². The first kappa shape index (κ1) is 11.5. The van der Waals surface area contributed by atoms with Gasteiger partial charge in [-0.15, -0.1) is 0 Å². The molecule has 0 heterocycles. The Labute approximate surface area is 81.1 Å². The largest absolute Gasteiger partial charge is 0.0533 e. The van der Waals surface area contributed by atoms with E-state index in [0.29, 0.717) is 0 Å². The van der Waals surface area contributed by atoms with Gasteiger partial charge in [0.25, 0.3) is 0 Å². The maximum absolute atomic E-state index is 1.50. The molecule has 2 fully saturated rings. The van der Waals surface area contributed by atoms with E-state index in [1.165, 1.54) is 64.2 Å². The van der Waals surface area contributed by atoms with Gasteiger partial charge in [0.1, 0.15) is 0 Å². The molecule has 70 valence electrons. The summed E-state index contributed by atoms with van der Waals surface area (Å²) in [6, 6.07) is 0. The summed E-state index contributed by atoms with van der Waals surface area (Å²) in [6.45, 7) is 0. The molecule has 0 N–H and O–H groups in total. The van der Waals surface area contributed by atoms with Crippen molar-refractivity contribution in [2.24, 2.45) is 0 Å². The van der Waals surface area contributed by atoms with Crippen LogP contribution < -0.4 is 0 Å². The van der Waals surface area contributed by atoms with Crippen LogP contribution in [0.2, 0.25) is 0 Å². The summed E-state index contributed by atoms with van der Waals surface area (Å²) in [4.78, 5) is 0. The fourth-order valence-corrected chi connectivity index (χ4v) is 1.77. The monoisotopic (exact) mass is 198 g/mol. The molecular weight excluding hydrogens is 179 g/mol. The van der Waals surface area contributed by atoms with Gasteiger partial charge in [-0.3, -0.25) is 0 Å². The zero-order valence-corrected chi connectivity index (χ0v) is 8.37. The zero-order chi connectivity index (χ0) is 7.07. The Morgan fingerprint density at radius 3 is 0.455 bits per heavy atom. The Balaban J connectivity index is 0.000000167. The van der Waals surface area contributed by atoms with Crippen LogP contribution in [0.4, 0.5) is 0 Å². The van der Waals surface area contributed by atoms with Crippen LogP contribution in [0.1, 0.15) is 64.2 Å². The molecule has 2 saturated carbocycles. The number of hydrogen-bond donors (Lipinski definition) is 0. The summed E-state index contributed by atoms with van der Waals surface area (Å²) in [5.74, 6) is 0. The molecule has 0 saturated heterocycles. The summed E-state index contributed by atoms with van der Waals surface area (Å²) >= 11 is 0. The standard InChI is InChI=1S/2C5H10.Ni/c2*1-2-4-5-3-1;/h2*1-5H2;. The van der Waals surface area contributed by atoms with E-state index in [1.54, 1.807) is 0 Å². The molecule has 2 aliphatic carbocycles. The fourth-order valence-electron chi connectivity index (χ4n) is 1.77. The maximum Gasteiger partial charge on any atom is 0 e. The van der Waals surface area contributed by atoms with Gasteiger partial charge in [-0.25, -0.2) is 0 Å². The second-order valence-electron chi connectivity index (χ2n) is 3.54. The van der Waals surface area contributed by atoms with Crippen LogP contribution in [-0.2, 0) is 16.5 Å². The predicted molar refractivity (Wildman–Crippen MR) is 46.2 cm³/mol. The molecule has 11 heavy (non-hydrogen) atoms. The van der Waals surface area contributed by atoms with Gasteiger partial charge in [0.2, 0.25) is 0 Å². The Morgan fingerprint density at radius 2 is 0.364 bits per heavy atom.